The zero-order valence-corrected chi connectivity index (χ0v) is 17.5. The quantitative estimate of drug-likeness (QED) is 0.402. The van der Waals surface area contributed by atoms with Crippen LogP contribution in [0, 0.1) is 11.3 Å². The second-order valence-electron chi connectivity index (χ2n) is 6.93. The van der Waals surface area contributed by atoms with Crippen molar-refractivity contribution in [2.45, 2.75) is 15.8 Å². The van der Waals surface area contributed by atoms with Gasteiger partial charge in [0.05, 0.1) is 17.2 Å². The van der Waals surface area contributed by atoms with E-state index < -0.39 is 0 Å². The predicted molar refractivity (Wildman–Crippen MR) is 124 cm³/mol. The predicted octanol–water partition coefficient (Wildman–Crippen LogP) is 6.23. The third kappa shape index (κ3) is 4.85. The largest absolute Gasteiger partial charge is 0.341 e. The van der Waals surface area contributed by atoms with Crippen LogP contribution in [0.25, 0.3) is 0 Å². The Labute approximate surface area is 186 Å². The normalized spacial score (nSPS) is 10.5. The molecule has 0 radical (unpaired) electrons. The van der Waals surface area contributed by atoms with Gasteiger partial charge in [-0.2, -0.15) is 5.26 Å². The Balaban J connectivity index is 1.66. The van der Waals surface area contributed by atoms with E-state index >= 15 is 0 Å². The molecule has 0 aliphatic carbocycles. The SMILES string of the molecule is N#Cc1ccccc1Sc1ccccc1C(=O)NC(c1ccccc1)c1ccccc1. The molecule has 1 N–H and O–H groups in total. The first kappa shape index (κ1) is 20.5. The molecule has 0 aliphatic rings. The molecule has 0 unspecified atom stereocenters. The first-order valence-corrected chi connectivity index (χ1v) is 10.7. The Hall–Kier alpha value is -3.81. The van der Waals surface area contributed by atoms with Crippen molar-refractivity contribution in [3.05, 3.63) is 131 Å². The van der Waals surface area contributed by atoms with Crippen molar-refractivity contribution in [1.82, 2.24) is 5.32 Å². The summed E-state index contributed by atoms with van der Waals surface area (Å²) >= 11 is 1.43. The number of benzene rings is 4. The van der Waals surface area contributed by atoms with Gasteiger partial charge in [-0.1, -0.05) is 96.7 Å². The lowest BCUT2D eigenvalue weighted by Gasteiger charge is -2.21. The van der Waals surface area contributed by atoms with Gasteiger partial charge in [0.25, 0.3) is 5.91 Å². The van der Waals surface area contributed by atoms with Crippen LogP contribution in [0.15, 0.2) is 119 Å². The average Bonchev–Trinajstić information content (AvgIpc) is 2.84. The highest BCUT2D eigenvalue weighted by molar-refractivity contribution is 7.99. The highest BCUT2D eigenvalue weighted by Crippen LogP contribution is 2.33. The molecule has 1 amide bonds. The smallest absolute Gasteiger partial charge is 0.253 e. The van der Waals surface area contributed by atoms with Gasteiger partial charge in [0.2, 0.25) is 0 Å². The van der Waals surface area contributed by atoms with E-state index in [1.54, 1.807) is 6.07 Å². The average molecular weight is 421 g/mol. The van der Waals surface area contributed by atoms with Gasteiger partial charge in [-0.05, 0) is 35.4 Å². The minimum absolute atomic E-state index is 0.157. The third-order valence-corrected chi connectivity index (χ3v) is 6.05. The summed E-state index contributed by atoms with van der Waals surface area (Å²) in [5, 5.41) is 12.6. The van der Waals surface area contributed by atoms with E-state index in [9.17, 15) is 10.1 Å². The fourth-order valence-corrected chi connectivity index (χ4v) is 4.39. The number of nitrogens with zero attached hydrogens (tertiary/aromatic N) is 1. The molecule has 4 aromatic carbocycles. The molecule has 4 heteroatoms. The van der Waals surface area contributed by atoms with Gasteiger partial charge in [-0.25, -0.2) is 0 Å². The van der Waals surface area contributed by atoms with Crippen molar-refractivity contribution in [1.29, 1.82) is 5.26 Å². The highest BCUT2D eigenvalue weighted by Gasteiger charge is 2.20. The first-order chi connectivity index (χ1) is 15.3. The summed E-state index contributed by atoms with van der Waals surface area (Å²) in [5.74, 6) is -0.157. The summed E-state index contributed by atoms with van der Waals surface area (Å²) in [6.07, 6.45) is 0. The summed E-state index contributed by atoms with van der Waals surface area (Å²) in [6.45, 7) is 0. The van der Waals surface area contributed by atoms with E-state index in [-0.39, 0.29) is 11.9 Å². The molecule has 0 fully saturated rings. The van der Waals surface area contributed by atoms with E-state index in [1.807, 2.05) is 103 Å². The fourth-order valence-electron chi connectivity index (χ4n) is 3.37. The standard InChI is InChI=1S/C27H20N2OS/c28-19-22-15-7-9-17-24(22)31-25-18-10-8-16-23(25)27(30)29-26(20-11-3-1-4-12-20)21-13-5-2-6-14-21/h1-18,26H,(H,29,30). The van der Waals surface area contributed by atoms with Crippen LogP contribution in [0.4, 0.5) is 0 Å². The maximum atomic E-state index is 13.4. The lowest BCUT2D eigenvalue weighted by atomic mass is 9.98. The Morgan fingerprint density at radius 3 is 1.84 bits per heavy atom. The van der Waals surface area contributed by atoms with Crippen molar-refractivity contribution in [3.8, 4) is 6.07 Å². The molecule has 0 atom stereocenters. The third-order valence-electron chi connectivity index (χ3n) is 4.90. The molecule has 31 heavy (non-hydrogen) atoms. The summed E-state index contributed by atoms with van der Waals surface area (Å²) in [5.41, 5.74) is 3.20. The zero-order valence-electron chi connectivity index (χ0n) is 16.7. The fraction of sp³-hybridized carbons (Fsp3) is 0.0370. The number of hydrogen-bond acceptors (Lipinski definition) is 3. The van der Waals surface area contributed by atoms with Crippen LogP contribution in [0.2, 0.25) is 0 Å². The molecular weight excluding hydrogens is 400 g/mol. The summed E-state index contributed by atoms with van der Waals surface area (Å²) in [4.78, 5) is 15.0. The maximum absolute atomic E-state index is 13.4. The van der Waals surface area contributed by atoms with Gasteiger partial charge in [0, 0.05) is 9.79 Å². The monoisotopic (exact) mass is 420 g/mol. The Bertz CT molecular complexity index is 1180. The molecule has 0 spiro atoms. The first-order valence-electron chi connectivity index (χ1n) is 9.93. The Kier molecular flexibility index (Phi) is 6.47. The molecule has 0 heterocycles. The van der Waals surface area contributed by atoms with Crippen molar-refractivity contribution in [2.75, 3.05) is 0 Å². The van der Waals surface area contributed by atoms with Crippen molar-refractivity contribution in [2.24, 2.45) is 0 Å². The number of hydrogen-bond donors (Lipinski definition) is 1. The van der Waals surface area contributed by atoms with Gasteiger partial charge in [-0.15, -0.1) is 0 Å². The van der Waals surface area contributed by atoms with Crippen LogP contribution in [-0.4, -0.2) is 5.91 Å². The molecule has 4 rings (SSSR count). The number of carbonyl (C=O) groups is 1. The maximum Gasteiger partial charge on any atom is 0.253 e. The van der Waals surface area contributed by atoms with Crippen LogP contribution in [0.5, 0.6) is 0 Å². The zero-order chi connectivity index (χ0) is 21.5. The molecule has 150 valence electrons. The number of amides is 1. The minimum Gasteiger partial charge on any atom is -0.341 e. The Morgan fingerprint density at radius 1 is 0.710 bits per heavy atom. The molecule has 4 aromatic rings. The van der Waals surface area contributed by atoms with Crippen molar-refractivity contribution in [3.63, 3.8) is 0 Å². The number of nitriles is 1. The summed E-state index contributed by atoms with van der Waals surface area (Å²) in [7, 11) is 0. The molecule has 0 bridgehead atoms. The van der Waals surface area contributed by atoms with Crippen LogP contribution in [0.3, 0.4) is 0 Å². The van der Waals surface area contributed by atoms with Crippen LogP contribution < -0.4 is 5.32 Å². The van der Waals surface area contributed by atoms with E-state index in [2.05, 4.69) is 11.4 Å². The molecule has 3 nitrogen and oxygen atoms in total. The van der Waals surface area contributed by atoms with E-state index in [0.717, 1.165) is 20.9 Å². The van der Waals surface area contributed by atoms with Crippen LogP contribution in [-0.2, 0) is 0 Å². The van der Waals surface area contributed by atoms with E-state index in [4.69, 9.17) is 0 Å². The van der Waals surface area contributed by atoms with Gasteiger partial charge in [0.15, 0.2) is 0 Å². The van der Waals surface area contributed by atoms with Crippen LogP contribution >= 0.6 is 11.8 Å². The number of carbonyl (C=O) groups excluding carboxylic acids is 1. The minimum atomic E-state index is -0.264. The number of nitrogens with one attached hydrogen (secondary N) is 1. The molecule has 0 aliphatic heterocycles. The van der Waals surface area contributed by atoms with Gasteiger partial charge >= 0.3 is 0 Å². The summed E-state index contributed by atoms with van der Waals surface area (Å²) < 4.78 is 0. The Morgan fingerprint density at radius 2 is 1.23 bits per heavy atom. The molecular formula is C27H20N2OS. The van der Waals surface area contributed by atoms with Crippen LogP contribution in [0.1, 0.15) is 33.1 Å². The molecule has 0 saturated heterocycles. The van der Waals surface area contributed by atoms with Gasteiger partial charge < -0.3 is 5.32 Å². The lowest BCUT2D eigenvalue weighted by molar-refractivity contribution is 0.0940. The van der Waals surface area contributed by atoms with Crippen molar-refractivity contribution >= 4 is 17.7 Å². The molecule has 0 aromatic heterocycles. The summed E-state index contributed by atoms with van der Waals surface area (Å²) in [6, 6.07) is 36.7. The molecule has 0 saturated carbocycles. The highest BCUT2D eigenvalue weighted by atomic mass is 32.2. The second-order valence-corrected chi connectivity index (χ2v) is 8.02. The second kappa shape index (κ2) is 9.80. The number of rotatable bonds is 6. The van der Waals surface area contributed by atoms with Gasteiger partial charge in [0.1, 0.15) is 6.07 Å². The lowest BCUT2D eigenvalue weighted by Crippen LogP contribution is -2.29. The van der Waals surface area contributed by atoms with E-state index in [1.165, 1.54) is 11.8 Å². The van der Waals surface area contributed by atoms with Gasteiger partial charge in [-0.3, -0.25) is 4.79 Å². The van der Waals surface area contributed by atoms with E-state index in [0.29, 0.717) is 11.1 Å². The topological polar surface area (TPSA) is 52.9 Å². The van der Waals surface area contributed by atoms with Crippen molar-refractivity contribution < 1.29 is 4.79 Å².